The largest absolute Gasteiger partial charge is 0.463 e. The Bertz CT molecular complexity index is 355. The van der Waals surface area contributed by atoms with Gasteiger partial charge in [0.15, 0.2) is 0 Å². The summed E-state index contributed by atoms with van der Waals surface area (Å²) in [6, 6.07) is 0.289. The number of hydrogen-bond donors (Lipinski definition) is 2. The number of ether oxygens (including phenoxy) is 1. The molecule has 0 amide bonds. The molecule has 0 saturated carbocycles. The molecule has 0 aliphatic heterocycles. The molecule has 0 aromatic carbocycles. The summed E-state index contributed by atoms with van der Waals surface area (Å²) in [6.45, 7) is 4.85. The summed E-state index contributed by atoms with van der Waals surface area (Å²) in [5, 5.41) is 0. The molecule has 1 heterocycles. The van der Waals surface area contributed by atoms with Crippen molar-refractivity contribution in [1.29, 1.82) is 0 Å². The molecule has 96 valence electrons. The van der Waals surface area contributed by atoms with Gasteiger partial charge in [-0.25, -0.2) is 5.84 Å². The number of aromatic nitrogens is 3. The number of nitrogens with two attached hydrogens (primary N) is 1. The summed E-state index contributed by atoms with van der Waals surface area (Å²) in [7, 11) is 3.68. The molecule has 0 atom stereocenters. The number of nitrogens with one attached hydrogen (secondary N) is 1. The van der Waals surface area contributed by atoms with Crippen molar-refractivity contribution in [2.45, 2.75) is 20.3 Å². The van der Waals surface area contributed by atoms with Gasteiger partial charge in [-0.3, -0.25) is 5.43 Å². The number of rotatable bonds is 6. The van der Waals surface area contributed by atoms with Crippen LogP contribution >= 0.6 is 0 Å². The zero-order valence-corrected chi connectivity index (χ0v) is 10.8. The molecule has 1 aromatic rings. The molecule has 7 nitrogen and oxygen atoms in total. The van der Waals surface area contributed by atoms with Crippen molar-refractivity contribution in [3.63, 3.8) is 0 Å². The van der Waals surface area contributed by atoms with Crippen LogP contribution in [0.15, 0.2) is 0 Å². The van der Waals surface area contributed by atoms with Gasteiger partial charge in [0.2, 0.25) is 11.9 Å². The fourth-order valence-electron chi connectivity index (χ4n) is 1.06. The van der Waals surface area contributed by atoms with E-state index in [0.29, 0.717) is 24.4 Å². The standard InChI is InChI=1S/C10H20N6O/c1-7(2)5-6-17-10-13-8(15-11)12-9(14-10)16(3)4/h7H,5-6,11H2,1-4H3,(H,12,13,14,15). The van der Waals surface area contributed by atoms with Gasteiger partial charge in [-0.2, -0.15) is 15.0 Å². The van der Waals surface area contributed by atoms with Crippen LogP contribution in [0.1, 0.15) is 20.3 Å². The van der Waals surface area contributed by atoms with Crippen LogP contribution in [0.5, 0.6) is 6.01 Å². The van der Waals surface area contributed by atoms with Crippen LogP contribution in [0.4, 0.5) is 11.9 Å². The van der Waals surface area contributed by atoms with Crippen molar-refractivity contribution < 1.29 is 4.74 Å². The van der Waals surface area contributed by atoms with E-state index < -0.39 is 0 Å². The Kier molecular flexibility index (Phi) is 4.89. The van der Waals surface area contributed by atoms with E-state index in [1.807, 2.05) is 14.1 Å². The first-order valence-electron chi connectivity index (χ1n) is 5.55. The average molecular weight is 240 g/mol. The lowest BCUT2D eigenvalue weighted by atomic mass is 10.1. The second kappa shape index (κ2) is 6.19. The molecule has 1 aromatic heterocycles. The summed E-state index contributed by atoms with van der Waals surface area (Å²) < 4.78 is 5.47. The zero-order valence-electron chi connectivity index (χ0n) is 10.8. The predicted molar refractivity (Wildman–Crippen MR) is 66.9 cm³/mol. The Labute approximate surface area is 101 Å². The van der Waals surface area contributed by atoms with Gasteiger partial charge >= 0.3 is 6.01 Å². The molecule has 17 heavy (non-hydrogen) atoms. The Hall–Kier alpha value is -1.63. The SMILES string of the molecule is CC(C)CCOc1nc(NN)nc(N(C)C)n1. The second-order valence-electron chi connectivity index (χ2n) is 4.31. The molecule has 0 saturated heterocycles. The van der Waals surface area contributed by atoms with Crippen LogP contribution in [0, 0.1) is 5.92 Å². The quantitative estimate of drug-likeness (QED) is 0.557. The van der Waals surface area contributed by atoms with Crippen molar-refractivity contribution in [3.8, 4) is 6.01 Å². The van der Waals surface area contributed by atoms with Gasteiger partial charge in [-0.05, 0) is 12.3 Å². The highest BCUT2D eigenvalue weighted by Crippen LogP contribution is 2.13. The van der Waals surface area contributed by atoms with Gasteiger partial charge in [0.05, 0.1) is 6.61 Å². The van der Waals surface area contributed by atoms with Crippen LogP contribution in [0.2, 0.25) is 0 Å². The maximum atomic E-state index is 5.47. The van der Waals surface area contributed by atoms with Gasteiger partial charge < -0.3 is 9.64 Å². The highest BCUT2D eigenvalue weighted by Gasteiger charge is 2.08. The molecular formula is C10H20N6O. The number of nitrogens with zero attached hydrogens (tertiary/aromatic N) is 4. The minimum atomic E-state index is 0.289. The molecule has 0 bridgehead atoms. The fraction of sp³-hybridized carbons (Fsp3) is 0.700. The van der Waals surface area contributed by atoms with E-state index in [2.05, 4.69) is 34.2 Å². The Balaban J connectivity index is 2.73. The summed E-state index contributed by atoms with van der Waals surface area (Å²) >= 11 is 0. The summed E-state index contributed by atoms with van der Waals surface area (Å²) in [4.78, 5) is 14.0. The minimum absolute atomic E-state index is 0.289. The molecule has 0 fully saturated rings. The van der Waals surface area contributed by atoms with E-state index in [4.69, 9.17) is 10.6 Å². The molecule has 0 unspecified atom stereocenters. The number of hydrazine groups is 1. The van der Waals surface area contributed by atoms with Gasteiger partial charge in [0.1, 0.15) is 0 Å². The van der Waals surface area contributed by atoms with Gasteiger partial charge in [0, 0.05) is 14.1 Å². The maximum absolute atomic E-state index is 5.47. The molecule has 0 aliphatic carbocycles. The third-order valence-corrected chi connectivity index (χ3v) is 2.06. The van der Waals surface area contributed by atoms with Crippen LogP contribution in [-0.4, -0.2) is 35.7 Å². The molecule has 0 radical (unpaired) electrons. The molecule has 1 rings (SSSR count). The lowest BCUT2D eigenvalue weighted by Crippen LogP contribution is -2.18. The van der Waals surface area contributed by atoms with Crippen molar-refractivity contribution in [3.05, 3.63) is 0 Å². The van der Waals surface area contributed by atoms with Gasteiger partial charge in [-0.15, -0.1) is 0 Å². The van der Waals surface area contributed by atoms with E-state index in [1.165, 1.54) is 0 Å². The molecular weight excluding hydrogens is 220 g/mol. The number of anilines is 2. The van der Waals surface area contributed by atoms with Crippen LogP contribution < -0.4 is 20.9 Å². The number of nitrogen functional groups attached to an aromatic ring is 1. The van der Waals surface area contributed by atoms with E-state index in [1.54, 1.807) is 4.90 Å². The molecule has 3 N–H and O–H groups in total. The van der Waals surface area contributed by atoms with E-state index >= 15 is 0 Å². The summed E-state index contributed by atoms with van der Waals surface area (Å²) in [5.74, 6) is 6.67. The first-order valence-corrected chi connectivity index (χ1v) is 5.55. The first-order chi connectivity index (χ1) is 8.02. The van der Waals surface area contributed by atoms with Crippen molar-refractivity contribution in [1.82, 2.24) is 15.0 Å². The summed E-state index contributed by atoms with van der Waals surface area (Å²) in [5.41, 5.74) is 2.39. The Morgan fingerprint density at radius 3 is 2.53 bits per heavy atom. The Morgan fingerprint density at radius 1 is 1.29 bits per heavy atom. The van der Waals surface area contributed by atoms with Crippen LogP contribution in [-0.2, 0) is 0 Å². The molecule has 7 heteroatoms. The topological polar surface area (TPSA) is 89.2 Å². The minimum Gasteiger partial charge on any atom is -0.463 e. The smallest absolute Gasteiger partial charge is 0.323 e. The predicted octanol–water partition coefficient (Wildman–Crippen LogP) is 0.648. The van der Waals surface area contributed by atoms with Crippen LogP contribution in [0.3, 0.4) is 0 Å². The van der Waals surface area contributed by atoms with Crippen molar-refractivity contribution in [2.24, 2.45) is 11.8 Å². The van der Waals surface area contributed by atoms with E-state index in [0.717, 1.165) is 6.42 Å². The first kappa shape index (κ1) is 13.4. The van der Waals surface area contributed by atoms with Gasteiger partial charge in [0.25, 0.3) is 0 Å². The average Bonchev–Trinajstić information content (AvgIpc) is 2.28. The maximum Gasteiger partial charge on any atom is 0.323 e. The summed E-state index contributed by atoms with van der Waals surface area (Å²) in [6.07, 6.45) is 0.953. The zero-order chi connectivity index (χ0) is 12.8. The van der Waals surface area contributed by atoms with E-state index in [9.17, 15) is 0 Å². The normalized spacial score (nSPS) is 10.5. The number of hydrogen-bond acceptors (Lipinski definition) is 7. The van der Waals surface area contributed by atoms with E-state index in [-0.39, 0.29) is 6.01 Å². The highest BCUT2D eigenvalue weighted by atomic mass is 16.5. The Morgan fingerprint density at radius 2 is 2.00 bits per heavy atom. The lowest BCUT2D eigenvalue weighted by molar-refractivity contribution is 0.268. The molecule has 0 aliphatic rings. The lowest BCUT2D eigenvalue weighted by Gasteiger charge is -2.13. The highest BCUT2D eigenvalue weighted by molar-refractivity contribution is 5.35. The van der Waals surface area contributed by atoms with Crippen molar-refractivity contribution in [2.75, 3.05) is 31.0 Å². The van der Waals surface area contributed by atoms with Gasteiger partial charge in [-0.1, -0.05) is 13.8 Å². The third-order valence-electron chi connectivity index (χ3n) is 2.06. The fourth-order valence-corrected chi connectivity index (χ4v) is 1.06. The van der Waals surface area contributed by atoms with Crippen LogP contribution in [0.25, 0.3) is 0 Å². The second-order valence-corrected chi connectivity index (χ2v) is 4.31. The monoisotopic (exact) mass is 240 g/mol. The third kappa shape index (κ3) is 4.39. The molecule has 0 spiro atoms. The van der Waals surface area contributed by atoms with Crippen molar-refractivity contribution >= 4 is 11.9 Å².